The molecule has 0 bridgehead atoms. The van der Waals surface area contributed by atoms with Crippen LogP contribution in [0.1, 0.15) is 21.7 Å². The lowest BCUT2D eigenvalue weighted by Crippen LogP contribution is -2.27. The number of hydrogen-bond donors (Lipinski definition) is 1. The Labute approximate surface area is 216 Å². The molecule has 6 nitrogen and oxygen atoms in total. The van der Waals surface area contributed by atoms with Crippen LogP contribution in [-0.4, -0.2) is 27.2 Å². The zero-order chi connectivity index (χ0) is 26.2. The Morgan fingerprint density at radius 2 is 1.92 bits per heavy atom. The van der Waals surface area contributed by atoms with Crippen molar-refractivity contribution in [2.45, 2.75) is 19.6 Å². The van der Waals surface area contributed by atoms with Crippen molar-refractivity contribution < 1.29 is 27.8 Å². The van der Waals surface area contributed by atoms with E-state index in [0.717, 1.165) is 12.1 Å². The molecule has 1 aromatic heterocycles. The fraction of sp³-hybridized carbons (Fsp3) is 0.160. The minimum absolute atomic E-state index is 0.00204. The molecule has 11 heteroatoms. The molecule has 0 aliphatic carbocycles. The molecule has 0 radical (unpaired) electrons. The SMILES string of the molecule is Cc1nc2cc(C(F)(F)F)cc(Br)c2c(=O)n1CCOc1ccc(Cl)cc1-c1cccc(C(=O)O)c1. The van der Waals surface area contributed by atoms with E-state index >= 15 is 0 Å². The molecule has 36 heavy (non-hydrogen) atoms. The highest BCUT2D eigenvalue weighted by Gasteiger charge is 2.32. The molecule has 4 rings (SSSR count). The van der Waals surface area contributed by atoms with Crippen molar-refractivity contribution in [1.82, 2.24) is 9.55 Å². The van der Waals surface area contributed by atoms with Gasteiger partial charge in [0.25, 0.3) is 5.56 Å². The van der Waals surface area contributed by atoms with E-state index in [9.17, 15) is 27.9 Å². The highest BCUT2D eigenvalue weighted by molar-refractivity contribution is 9.10. The lowest BCUT2D eigenvalue weighted by Gasteiger charge is -2.16. The summed E-state index contributed by atoms with van der Waals surface area (Å²) in [5.74, 6) is -0.432. The summed E-state index contributed by atoms with van der Waals surface area (Å²) in [6, 6.07) is 12.9. The van der Waals surface area contributed by atoms with Gasteiger partial charge in [-0.15, -0.1) is 0 Å². The first-order chi connectivity index (χ1) is 17.0. The van der Waals surface area contributed by atoms with Crippen LogP contribution in [0, 0.1) is 6.92 Å². The Bertz CT molecular complexity index is 1550. The van der Waals surface area contributed by atoms with Crippen LogP contribution in [0.5, 0.6) is 5.75 Å². The van der Waals surface area contributed by atoms with Gasteiger partial charge in [-0.2, -0.15) is 13.2 Å². The summed E-state index contributed by atoms with van der Waals surface area (Å²) in [4.78, 5) is 28.7. The van der Waals surface area contributed by atoms with E-state index in [2.05, 4.69) is 20.9 Å². The fourth-order valence-electron chi connectivity index (χ4n) is 3.76. The zero-order valence-electron chi connectivity index (χ0n) is 18.6. The smallest absolute Gasteiger partial charge is 0.416 e. The van der Waals surface area contributed by atoms with E-state index in [0.29, 0.717) is 21.9 Å². The van der Waals surface area contributed by atoms with E-state index in [-0.39, 0.29) is 39.9 Å². The molecule has 1 heterocycles. The number of hydrogen-bond acceptors (Lipinski definition) is 4. The van der Waals surface area contributed by atoms with Gasteiger partial charge < -0.3 is 9.84 Å². The molecule has 0 saturated heterocycles. The van der Waals surface area contributed by atoms with Crippen LogP contribution < -0.4 is 10.3 Å². The third-order valence-corrected chi connectivity index (χ3v) is 6.32. The van der Waals surface area contributed by atoms with Crippen LogP contribution in [-0.2, 0) is 12.7 Å². The van der Waals surface area contributed by atoms with Crippen molar-refractivity contribution in [3.8, 4) is 16.9 Å². The molecule has 0 unspecified atom stereocenters. The second-order valence-electron chi connectivity index (χ2n) is 7.84. The molecule has 0 fully saturated rings. The standard InChI is InChI=1S/C25H17BrClF3N2O4/c1-13-31-20-11-16(25(28,29)30)10-19(26)22(20)23(33)32(13)7-8-36-21-6-5-17(27)12-18(21)14-3-2-4-15(9-14)24(34)35/h2-6,9-12H,7-8H2,1H3,(H,34,35). The summed E-state index contributed by atoms with van der Waals surface area (Å²) in [6.45, 7) is 1.62. The van der Waals surface area contributed by atoms with Gasteiger partial charge in [-0.3, -0.25) is 9.36 Å². The molecule has 4 aromatic rings. The number of halogens is 5. The molecule has 0 saturated carbocycles. The van der Waals surface area contributed by atoms with Gasteiger partial charge in [-0.05, 0) is 70.9 Å². The first kappa shape index (κ1) is 25.7. The minimum Gasteiger partial charge on any atom is -0.491 e. The average Bonchev–Trinajstić information content (AvgIpc) is 2.81. The van der Waals surface area contributed by atoms with Crippen LogP contribution in [0.3, 0.4) is 0 Å². The van der Waals surface area contributed by atoms with Crippen molar-refractivity contribution in [3.63, 3.8) is 0 Å². The summed E-state index contributed by atoms with van der Waals surface area (Å²) >= 11 is 9.22. The minimum atomic E-state index is -4.57. The molecule has 3 aromatic carbocycles. The molecule has 0 aliphatic rings. The average molecular weight is 582 g/mol. The Morgan fingerprint density at radius 3 is 2.61 bits per heavy atom. The second kappa shape index (κ2) is 9.94. The molecular formula is C25H17BrClF3N2O4. The molecule has 0 aliphatic heterocycles. The van der Waals surface area contributed by atoms with E-state index in [1.807, 2.05) is 0 Å². The van der Waals surface area contributed by atoms with Crippen LogP contribution in [0.2, 0.25) is 5.02 Å². The largest absolute Gasteiger partial charge is 0.491 e. The molecule has 0 amide bonds. The van der Waals surface area contributed by atoms with Gasteiger partial charge in [-0.1, -0.05) is 23.7 Å². The number of carbonyl (C=O) groups is 1. The van der Waals surface area contributed by atoms with Crippen molar-refractivity contribution in [2.24, 2.45) is 0 Å². The van der Waals surface area contributed by atoms with Gasteiger partial charge in [0, 0.05) is 15.1 Å². The first-order valence-corrected chi connectivity index (χ1v) is 11.7. The van der Waals surface area contributed by atoms with Gasteiger partial charge in [0.05, 0.1) is 28.6 Å². The predicted octanol–water partition coefficient (Wildman–Crippen LogP) is 6.58. The maximum atomic E-state index is 13.2. The predicted molar refractivity (Wildman–Crippen MR) is 133 cm³/mol. The zero-order valence-corrected chi connectivity index (χ0v) is 20.9. The van der Waals surface area contributed by atoms with E-state index in [1.165, 1.54) is 23.6 Å². The van der Waals surface area contributed by atoms with Crippen molar-refractivity contribution in [3.05, 3.63) is 91.4 Å². The van der Waals surface area contributed by atoms with Gasteiger partial charge in [0.15, 0.2) is 0 Å². The molecule has 1 N–H and O–H groups in total. The van der Waals surface area contributed by atoms with Crippen molar-refractivity contribution in [1.29, 1.82) is 0 Å². The number of carboxylic acids is 1. The number of benzene rings is 3. The maximum Gasteiger partial charge on any atom is 0.416 e. The van der Waals surface area contributed by atoms with Gasteiger partial charge in [0.2, 0.25) is 0 Å². The normalized spacial score (nSPS) is 11.6. The number of aryl methyl sites for hydroxylation is 1. The number of nitrogens with zero attached hydrogens (tertiary/aromatic N) is 2. The number of aromatic nitrogens is 2. The topological polar surface area (TPSA) is 81.4 Å². The summed E-state index contributed by atoms with van der Waals surface area (Å²) in [7, 11) is 0. The summed E-state index contributed by atoms with van der Waals surface area (Å²) in [5, 5.41) is 9.75. The molecule has 186 valence electrons. The maximum absolute atomic E-state index is 13.2. The number of aromatic carboxylic acids is 1. The van der Waals surface area contributed by atoms with Crippen molar-refractivity contribution >= 4 is 44.4 Å². The Balaban J connectivity index is 1.63. The van der Waals surface area contributed by atoms with Crippen LogP contribution >= 0.6 is 27.5 Å². The van der Waals surface area contributed by atoms with Crippen molar-refractivity contribution in [2.75, 3.05) is 6.61 Å². The van der Waals surface area contributed by atoms with Crippen LogP contribution in [0.25, 0.3) is 22.0 Å². The Morgan fingerprint density at radius 1 is 1.17 bits per heavy atom. The third kappa shape index (κ3) is 5.24. The van der Waals surface area contributed by atoms with Gasteiger partial charge in [0.1, 0.15) is 18.2 Å². The molecule has 0 spiro atoms. The number of fused-ring (bicyclic) bond motifs is 1. The van der Waals surface area contributed by atoms with Crippen LogP contribution in [0.15, 0.2) is 63.9 Å². The van der Waals surface area contributed by atoms with E-state index < -0.39 is 23.3 Å². The quantitative estimate of drug-likeness (QED) is 0.278. The number of carboxylic acid groups (broad SMARTS) is 1. The summed E-state index contributed by atoms with van der Waals surface area (Å²) in [6.07, 6.45) is -4.57. The lowest BCUT2D eigenvalue weighted by atomic mass is 10.0. The molecular weight excluding hydrogens is 565 g/mol. The number of rotatable bonds is 6. The summed E-state index contributed by atoms with van der Waals surface area (Å²) < 4.78 is 46.7. The summed E-state index contributed by atoms with van der Waals surface area (Å²) in [5.41, 5.74) is -0.230. The van der Waals surface area contributed by atoms with Gasteiger partial charge >= 0.3 is 12.1 Å². The third-order valence-electron chi connectivity index (χ3n) is 5.46. The second-order valence-corrected chi connectivity index (χ2v) is 9.13. The Hall–Kier alpha value is -3.37. The number of alkyl halides is 3. The highest BCUT2D eigenvalue weighted by Crippen LogP contribution is 2.35. The van der Waals surface area contributed by atoms with Crippen LogP contribution in [0.4, 0.5) is 13.2 Å². The number of ether oxygens (including phenoxy) is 1. The first-order valence-electron chi connectivity index (χ1n) is 10.5. The highest BCUT2D eigenvalue weighted by atomic mass is 79.9. The lowest BCUT2D eigenvalue weighted by molar-refractivity contribution is -0.137. The van der Waals surface area contributed by atoms with E-state index in [1.54, 1.807) is 30.3 Å². The monoisotopic (exact) mass is 580 g/mol. The fourth-order valence-corrected chi connectivity index (χ4v) is 4.55. The van der Waals surface area contributed by atoms with Gasteiger partial charge in [-0.25, -0.2) is 9.78 Å². The Kier molecular flexibility index (Phi) is 7.10. The van der Waals surface area contributed by atoms with E-state index in [4.69, 9.17) is 16.3 Å². The molecule has 0 atom stereocenters.